The maximum Gasteiger partial charge on any atom is 0.247 e. The van der Waals surface area contributed by atoms with Crippen LogP contribution in [0.5, 0.6) is 0 Å². The third-order valence-electron chi connectivity index (χ3n) is 7.94. The van der Waals surface area contributed by atoms with Gasteiger partial charge in [0.1, 0.15) is 11.6 Å². The van der Waals surface area contributed by atoms with E-state index in [0.29, 0.717) is 39.1 Å². The van der Waals surface area contributed by atoms with Crippen molar-refractivity contribution in [1.82, 2.24) is 48.7 Å². The van der Waals surface area contributed by atoms with Crippen molar-refractivity contribution >= 4 is 32.9 Å². The van der Waals surface area contributed by atoms with E-state index in [-0.39, 0.29) is 16.8 Å². The molecule has 2 aromatic carbocycles. The fourth-order valence-electron chi connectivity index (χ4n) is 5.54. The number of benzene rings is 2. The molecule has 0 aliphatic heterocycles. The second-order valence-electron chi connectivity index (χ2n) is 11.5. The number of aromatic nitrogens is 10. The number of nitrogens with zero attached hydrogens (tertiary/aromatic N) is 10. The molecule has 8 aromatic rings. The Hall–Kier alpha value is -6.00. The molecule has 52 heavy (non-hydrogen) atoms. The van der Waals surface area contributed by atoms with Crippen molar-refractivity contribution in [1.29, 1.82) is 0 Å². The highest BCUT2D eigenvalue weighted by molar-refractivity contribution is 7.98. The maximum absolute atomic E-state index is 13.4. The minimum absolute atomic E-state index is 0.272. The summed E-state index contributed by atoms with van der Waals surface area (Å²) in [4.78, 5) is 34.9. The quantitative estimate of drug-likeness (QED) is 0.132. The molecule has 0 N–H and O–H groups in total. The number of hydrogen-bond acceptors (Lipinski definition) is 11. The van der Waals surface area contributed by atoms with Crippen molar-refractivity contribution in [2.75, 3.05) is 12.5 Å². The van der Waals surface area contributed by atoms with E-state index in [0.717, 1.165) is 40.2 Å². The molecule has 12 nitrogen and oxygen atoms in total. The summed E-state index contributed by atoms with van der Waals surface area (Å²) < 4.78 is 54.2. The van der Waals surface area contributed by atoms with Crippen molar-refractivity contribution in [3.8, 4) is 45.3 Å². The van der Waals surface area contributed by atoms with Crippen molar-refractivity contribution in [3.63, 3.8) is 0 Å². The van der Waals surface area contributed by atoms with Gasteiger partial charge >= 0.3 is 0 Å². The first kappa shape index (κ1) is 34.4. The number of sulfone groups is 1. The lowest BCUT2D eigenvalue weighted by Gasteiger charge is -2.06. The second-order valence-corrected chi connectivity index (χ2v) is 14.2. The first-order valence-corrected chi connectivity index (χ1v) is 18.7. The highest BCUT2D eigenvalue weighted by Crippen LogP contribution is 2.34. The van der Waals surface area contributed by atoms with Crippen molar-refractivity contribution in [3.05, 3.63) is 121 Å². The van der Waals surface area contributed by atoms with Crippen LogP contribution in [0.2, 0.25) is 0 Å². The van der Waals surface area contributed by atoms with Crippen LogP contribution in [0.3, 0.4) is 0 Å². The fourth-order valence-corrected chi connectivity index (χ4v) is 6.41. The number of imidazole rings is 2. The standard InChI is InChI=1S/C18H14FN5O2S.C18H14FN5S/c1-11-17-23-15(12-3-5-13(19)6-4-12)16(24(17)10-9-20-11)14-7-8-21-18(22-14)27(2,25)26;1-11-17-23-15(12-3-5-13(19)6-4-12)16(24(17)10-9-20-11)14-7-8-21-18(22-14)25-2/h3-10H,1-2H3;3-10H,1-2H3. The van der Waals surface area contributed by atoms with Crippen LogP contribution in [0.4, 0.5) is 8.78 Å². The van der Waals surface area contributed by atoms with Crippen LogP contribution in [-0.4, -0.2) is 69.6 Å². The summed E-state index contributed by atoms with van der Waals surface area (Å²) in [5.74, 6) is -0.637. The number of rotatable bonds is 6. The van der Waals surface area contributed by atoms with Gasteiger partial charge in [0.2, 0.25) is 15.0 Å². The summed E-state index contributed by atoms with van der Waals surface area (Å²) in [6.45, 7) is 3.73. The Kier molecular flexibility index (Phi) is 9.25. The van der Waals surface area contributed by atoms with Crippen LogP contribution in [0.25, 0.3) is 56.6 Å². The summed E-state index contributed by atoms with van der Waals surface area (Å²) in [5, 5.41) is 0.411. The molecule has 0 amide bonds. The predicted octanol–water partition coefficient (Wildman–Crippen LogP) is 6.73. The van der Waals surface area contributed by atoms with E-state index >= 15 is 0 Å². The maximum atomic E-state index is 13.4. The molecule has 0 fully saturated rings. The van der Waals surface area contributed by atoms with Crippen LogP contribution in [-0.2, 0) is 9.84 Å². The first-order valence-electron chi connectivity index (χ1n) is 15.6. The van der Waals surface area contributed by atoms with Gasteiger partial charge in [-0.1, -0.05) is 11.8 Å². The molecule has 0 atom stereocenters. The molecule has 0 radical (unpaired) electrons. The highest BCUT2D eigenvalue weighted by atomic mass is 32.2. The minimum Gasteiger partial charge on any atom is -0.295 e. The topological polar surface area (TPSA) is 146 Å². The van der Waals surface area contributed by atoms with Crippen LogP contribution >= 0.6 is 11.8 Å². The monoisotopic (exact) mass is 734 g/mol. The summed E-state index contributed by atoms with van der Waals surface area (Å²) in [7, 11) is -3.57. The summed E-state index contributed by atoms with van der Waals surface area (Å²) in [5.41, 5.74) is 8.22. The lowest BCUT2D eigenvalue weighted by Crippen LogP contribution is -2.05. The molecule has 6 heterocycles. The molecule has 0 unspecified atom stereocenters. The van der Waals surface area contributed by atoms with Crippen LogP contribution in [0, 0.1) is 25.5 Å². The predicted molar refractivity (Wildman–Crippen MR) is 193 cm³/mol. The lowest BCUT2D eigenvalue weighted by atomic mass is 10.1. The number of thioether (sulfide) groups is 1. The Balaban J connectivity index is 0.000000162. The zero-order valence-corrected chi connectivity index (χ0v) is 29.7. The van der Waals surface area contributed by atoms with Crippen molar-refractivity contribution in [2.24, 2.45) is 0 Å². The van der Waals surface area contributed by atoms with Gasteiger partial charge in [-0.2, -0.15) is 0 Å². The van der Waals surface area contributed by atoms with Gasteiger partial charge in [0.25, 0.3) is 0 Å². The number of halogens is 2. The van der Waals surface area contributed by atoms with E-state index in [1.807, 2.05) is 36.8 Å². The summed E-state index contributed by atoms with van der Waals surface area (Å²) in [6.07, 6.45) is 13.0. The third kappa shape index (κ3) is 6.72. The second kappa shape index (κ2) is 14.0. The smallest absolute Gasteiger partial charge is 0.247 e. The van der Waals surface area contributed by atoms with Crippen molar-refractivity contribution in [2.45, 2.75) is 24.2 Å². The summed E-state index contributed by atoms with van der Waals surface area (Å²) >= 11 is 1.48. The Labute approximate surface area is 300 Å². The van der Waals surface area contributed by atoms with E-state index in [1.165, 1.54) is 42.2 Å². The van der Waals surface area contributed by atoms with Crippen LogP contribution in [0.1, 0.15) is 11.4 Å². The van der Waals surface area contributed by atoms with Gasteiger partial charge in [-0.3, -0.25) is 18.8 Å². The Bertz CT molecular complexity index is 2700. The van der Waals surface area contributed by atoms with Gasteiger partial charge in [0.15, 0.2) is 16.5 Å². The SMILES string of the molecule is CSc1nccc(-c2c(-c3ccc(F)cc3)nc3c(C)nccn23)n1.Cc1nccn2c(-c3ccnc(S(C)(=O)=O)n3)c(-c3ccc(F)cc3)nc12. The Morgan fingerprint density at radius 2 is 1.06 bits per heavy atom. The Morgan fingerprint density at radius 1 is 0.596 bits per heavy atom. The molecule has 16 heteroatoms. The van der Waals surface area contributed by atoms with E-state index in [9.17, 15) is 17.2 Å². The molecular formula is C36H28F2N10O2S2. The van der Waals surface area contributed by atoms with Crippen molar-refractivity contribution < 1.29 is 17.2 Å². The van der Waals surface area contributed by atoms with Gasteiger partial charge in [0, 0.05) is 54.6 Å². The van der Waals surface area contributed by atoms with Gasteiger partial charge in [-0.25, -0.2) is 47.1 Å². The van der Waals surface area contributed by atoms with E-state index in [2.05, 4.69) is 34.9 Å². The molecule has 0 spiro atoms. The van der Waals surface area contributed by atoms with E-state index in [1.54, 1.807) is 59.5 Å². The number of hydrogen-bond donors (Lipinski definition) is 0. The van der Waals surface area contributed by atoms with Crippen LogP contribution < -0.4 is 0 Å². The molecule has 6 aromatic heterocycles. The zero-order valence-electron chi connectivity index (χ0n) is 28.1. The number of aryl methyl sites for hydroxylation is 2. The molecular weight excluding hydrogens is 707 g/mol. The zero-order chi connectivity index (χ0) is 36.6. The molecule has 260 valence electrons. The molecule has 0 aliphatic carbocycles. The van der Waals surface area contributed by atoms with Gasteiger partial charge in [-0.15, -0.1) is 0 Å². The highest BCUT2D eigenvalue weighted by Gasteiger charge is 2.22. The molecule has 0 aliphatic rings. The van der Waals surface area contributed by atoms with E-state index < -0.39 is 9.84 Å². The largest absolute Gasteiger partial charge is 0.295 e. The third-order valence-corrected chi connectivity index (χ3v) is 9.36. The normalized spacial score (nSPS) is 11.5. The van der Waals surface area contributed by atoms with E-state index in [4.69, 9.17) is 4.98 Å². The first-order chi connectivity index (χ1) is 25.0. The molecule has 0 bridgehead atoms. The van der Waals surface area contributed by atoms with Gasteiger partial charge in [-0.05, 0) is 80.8 Å². The fraction of sp³-hybridized carbons (Fsp3) is 0.111. The van der Waals surface area contributed by atoms with Gasteiger partial charge < -0.3 is 0 Å². The lowest BCUT2D eigenvalue weighted by molar-refractivity contribution is 0.593. The molecule has 0 saturated carbocycles. The number of fused-ring (bicyclic) bond motifs is 2. The average Bonchev–Trinajstić information content (AvgIpc) is 3.74. The minimum atomic E-state index is -3.57. The molecule has 8 rings (SSSR count). The molecule has 0 saturated heterocycles. The average molecular weight is 735 g/mol. The van der Waals surface area contributed by atoms with Crippen LogP contribution in [0.15, 0.2) is 108 Å². The summed E-state index contributed by atoms with van der Waals surface area (Å²) in [6, 6.07) is 15.7. The Morgan fingerprint density at radius 3 is 1.52 bits per heavy atom. The van der Waals surface area contributed by atoms with Gasteiger partial charge in [0.05, 0.1) is 45.6 Å².